The smallest absolute Gasteiger partial charge is 0.320 e. The van der Waals surface area contributed by atoms with Gasteiger partial charge in [0.1, 0.15) is 11.0 Å². The number of aryl methyl sites for hydroxylation is 2. The lowest BCUT2D eigenvalue weighted by Crippen LogP contribution is -2.54. The zero-order chi connectivity index (χ0) is 15.0. The number of carbonyl (C=O) groups is 1. The molecular formula is C16H24N2O2S. The highest BCUT2D eigenvalue weighted by Gasteiger charge is 2.41. The van der Waals surface area contributed by atoms with Crippen molar-refractivity contribution in [1.29, 1.82) is 0 Å². The van der Waals surface area contributed by atoms with Crippen molar-refractivity contribution in [1.82, 2.24) is 9.88 Å². The number of carboxylic acids is 1. The van der Waals surface area contributed by atoms with Crippen LogP contribution in [0.1, 0.15) is 54.1 Å². The highest BCUT2D eigenvalue weighted by atomic mass is 32.1. The van der Waals surface area contributed by atoms with Gasteiger partial charge in [-0.25, -0.2) is 4.98 Å². The van der Waals surface area contributed by atoms with Crippen molar-refractivity contribution < 1.29 is 9.90 Å². The first kappa shape index (κ1) is 15.0. The zero-order valence-corrected chi connectivity index (χ0v) is 13.7. The molecule has 4 nitrogen and oxygen atoms in total. The number of likely N-dealkylation sites (tertiary alicyclic amines) is 1. The van der Waals surface area contributed by atoms with E-state index < -0.39 is 5.97 Å². The van der Waals surface area contributed by atoms with Crippen LogP contribution in [0.4, 0.5) is 0 Å². The Labute approximate surface area is 130 Å². The molecule has 3 unspecified atom stereocenters. The normalized spacial score (nSPS) is 30.1. The van der Waals surface area contributed by atoms with Crippen molar-refractivity contribution >= 4 is 17.3 Å². The summed E-state index contributed by atoms with van der Waals surface area (Å²) < 4.78 is 0. The van der Waals surface area contributed by atoms with E-state index in [4.69, 9.17) is 0 Å². The summed E-state index contributed by atoms with van der Waals surface area (Å²) in [6.07, 6.45) is 6.83. The quantitative estimate of drug-likeness (QED) is 0.930. The van der Waals surface area contributed by atoms with E-state index in [0.29, 0.717) is 18.5 Å². The number of aromatic nitrogens is 1. The van der Waals surface area contributed by atoms with Crippen molar-refractivity contribution in [2.75, 3.05) is 0 Å². The molecule has 21 heavy (non-hydrogen) atoms. The molecule has 1 saturated carbocycles. The molecule has 0 amide bonds. The summed E-state index contributed by atoms with van der Waals surface area (Å²) >= 11 is 1.72. The van der Waals surface area contributed by atoms with Crippen molar-refractivity contribution in [2.45, 2.75) is 71.0 Å². The van der Waals surface area contributed by atoms with Gasteiger partial charge in [0.15, 0.2) is 0 Å². The number of rotatable bonds is 3. The molecule has 1 aromatic heterocycles. The van der Waals surface area contributed by atoms with E-state index in [1.807, 2.05) is 6.92 Å². The first-order chi connectivity index (χ1) is 10.1. The molecule has 3 atom stereocenters. The number of hydrogen-bond donors (Lipinski definition) is 1. The third-order valence-electron chi connectivity index (χ3n) is 5.18. The van der Waals surface area contributed by atoms with Crippen LogP contribution in [0.2, 0.25) is 0 Å². The van der Waals surface area contributed by atoms with Gasteiger partial charge in [0.25, 0.3) is 0 Å². The highest BCUT2D eigenvalue weighted by molar-refractivity contribution is 7.11. The molecule has 1 aliphatic carbocycles. The topological polar surface area (TPSA) is 53.4 Å². The SMILES string of the molecule is Cc1nc(CN2C(C(=O)O)CCC3CCCCC32)sc1C. The van der Waals surface area contributed by atoms with Gasteiger partial charge in [-0.15, -0.1) is 11.3 Å². The van der Waals surface area contributed by atoms with Crippen molar-refractivity contribution in [3.63, 3.8) is 0 Å². The minimum Gasteiger partial charge on any atom is -0.480 e. The Morgan fingerprint density at radius 3 is 2.71 bits per heavy atom. The minimum atomic E-state index is -0.663. The summed E-state index contributed by atoms with van der Waals surface area (Å²) in [7, 11) is 0. The van der Waals surface area contributed by atoms with E-state index in [-0.39, 0.29) is 6.04 Å². The Hall–Kier alpha value is -0.940. The number of aliphatic carboxylic acids is 1. The largest absolute Gasteiger partial charge is 0.480 e. The standard InChI is InChI=1S/C16H24N2O2S/c1-10-11(2)21-15(17-10)9-18-13-6-4-3-5-12(13)7-8-14(18)16(19)20/h12-14H,3-9H2,1-2H3,(H,19,20). The highest BCUT2D eigenvalue weighted by Crippen LogP contribution is 2.39. The fraction of sp³-hybridized carbons (Fsp3) is 0.750. The first-order valence-corrected chi connectivity index (χ1v) is 8.79. The van der Waals surface area contributed by atoms with Crippen LogP contribution in [0.3, 0.4) is 0 Å². The molecule has 2 heterocycles. The van der Waals surface area contributed by atoms with Crippen LogP contribution in [0.5, 0.6) is 0 Å². The van der Waals surface area contributed by atoms with Gasteiger partial charge in [-0.1, -0.05) is 12.8 Å². The Balaban J connectivity index is 1.83. The maximum Gasteiger partial charge on any atom is 0.320 e. The van der Waals surface area contributed by atoms with Crippen LogP contribution >= 0.6 is 11.3 Å². The number of nitrogens with zero attached hydrogens (tertiary/aromatic N) is 2. The number of carboxylic acid groups (broad SMARTS) is 1. The fourth-order valence-electron chi connectivity index (χ4n) is 3.99. The lowest BCUT2D eigenvalue weighted by molar-refractivity contribution is -0.148. The van der Waals surface area contributed by atoms with Gasteiger partial charge in [0.2, 0.25) is 0 Å². The third-order valence-corrected chi connectivity index (χ3v) is 6.24. The third kappa shape index (κ3) is 2.99. The summed E-state index contributed by atoms with van der Waals surface area (Å²) in [6.45, 7) is 4.83. The predicted octanol–water partition coefficient (Wildman–Crippen LogP) is 3.37. The molecule has 2 fully saturated rings. The van der Waals surface area contributed by atoms with E-state index in [9.17, 15) is 9.90 Å². The summed E-state index contributed by atoms with van der Waals surface area (Å²) in [6, 6.07) is 0.118. The van der Waals surface area contributed by atoms with Crippen LogP contribution in [-0.4, -0.2) is 33.0 Å². The second kappa shape index (κ2) is 6.05. The van der Waals surface area contributed by atoms with Gasteiger partial charge in [0, 0.05) is 10.9 Å². The first-order valence-electron chi connectivity index (χ1n) is 7.97. The zero-order valence-electron chi connectivity index (χ0n) is 12.8. The molecule has 0 spiro atoms. The van der Waals surface area contributed by atoms with Crippen LogP contribution in [0, 0.1) is 19.8 Å². The van der Waals surface area contributed by atoms with E-state index in [1.165, 1.54) is 24.1 Å². The molecular weight excluding hydrogens is 284 g/mol. The second-order valence-electron chi connectivity index (χ2n) is 6.46. The van der Waals surface area contributed by atoms with Gasteiger partial charge in [-0.05, 0) is 45.4 Å². The number of fused-ring (bicyclic) bond motifs is 1. The molecule has 1 saturated heterocycles. The monoisotopic (exact) mass is 308 g/mol. The van der Waals surface area contributed by atoms with E-state index >= 15 is 0 Å². The molecule has 1 N–H and O–H groups in total. The molecule has 116 valence electrons. The van der Waals surface area contributed by atoms with Crippen LogP contribution in [-0.2, 0) is 11.3 Å². The number of thiazole rings is 1. The van der Waals surface area contributed by atoms with E-state index in [2.05, 4.69) is 16.8 Å². The summed E-state index contributed by atoms with van der Waals surface area (Å²) in [5.74, 6) is 0.0283. The summed E-state index contributed by atoms with van der Waals surface area (Å²) in [5, 5.41) is 10.6. The lowest BCUT2D eigenvalue weighted by Gasteiger charge is -2.46. The van der Waals surface area contributed by atoms with Crippen molar-refractivity contribution in [3.8, 4) is 0 Å². The minimum absolute atomic E-state index is 0.325. The molecule has 0 aromatic carbocycles. The maximum atomic E-state index is 11.6. The lowest BCUT2D eigenvalue weighted by atomic mass is 9.76. The summed E-state index contributed by atoms with van der Waals surface area (Å²) in [5.41, 5.74) is 1.08. The van der Waals surface area contributed by atoms with Crippen LogP contribution in [0.25, 0.3) is 0 Å². The van der Waals surface area contributed by atoms with E-state index in [0.717, 1.165) is 30.0 Å². The molecule has 3 rings (SSSR count). The number of piperidine rings is 1. The average molecular weight is 308 g/mol. The molecule has 0 bridgehead atoms. The predicted molar refractivity (Wildman–Crippen MR) is 83.5 cm³/mol. The van der Waals surface area contributed by atoms with Crippen molar-refractivity contribution in [3.05, 3.63) is 15.6 Å². The van der Waals surface area contributed by atoms with Gasteiger partial charge >= 0.3 is 5.97 Å². The Morgan fingerprint density at radius 2 is 2.05 bits per heavy atom. The molecule has 0 radical (unpaired) electrons. The van der Waals surface area contributed by atoms with Crippen LogP contribution in [0.15, 0.2) is 0 Å². The molecule has 1 aromatic rings. The summed E-state index contributed by atoms with van der Waals surface area (Å²) in [4.78, 5) is 19.8. The molecule has 2 aliphatic rings. The van der Waals surface area contributed by atoms with Gasteiger partial charge in [-0.3, -0.25) is 9.69 Å². The number of hydrogen-bond acceptors (Lipinski definition) is 4. The Bertz CT molecular complexity index is 509. The Morgan fingerprint density at radius 1 is 1.29 bits per heavy atom. The second-order valence-corrected chi connectivity index (χ2v) is 7.75. The Kier molecular flexibility index (Phi) is 4.31. The maximum absolute atomic E-state index is 11.6. The van der Waals surface area contributed by atoms with Gasteiger partial charge in [0.05, 0.1) is 12.2 Å². The van der Waals surface area contributed by atoms with E-state index in [1.54, 1.807) is 11.3 Å². The molecule has 1 aliphatic heterocycles. The fourth-order valence-corrected chi connectivity index (χ4v) is 4.93. The van der Waals surface area contributed by atoms with Gasteiger partial charge in [-0.2, -0.15) is 0 Å². The molecule has 5 heteroatoms. The van der Waals surface area contributed by atoms with Crippen LogP contribution < -0.4 is 0 Å². The van der Waals surface area contributed by atoms with Crippen molar-refractivity contribution in [2.24, 2.45) is 5.92 Å². The van der Waals surface area contributed by atoms with Gasteiger partial charge < -0.3 is 5.11 Å². The average Bonchev–Trinajstić information content (AvgIpc) is 2.77.